The second-order valence-electron chi connectivity index (χ2n) is 3.11. The fourth-order valence-corrected chi connectivity index (χ4v) is 1.17. The first-order valence-electron chi connectivity index (χ1n) is 4.65. The van der Waals surface area contributed by atoms with Gasteiger partial charge in [0.2, 0.25) is 0 Å². The molecule has 3 N–H and O–H groups in total. The quantitative estimate of drug-likeness (QED) is 0.667. The van der Waals surface area contributed by atoms with Crippen molar-refractivity contribution in [1.29, 1.82) is 0 Å². The standard InChI is InChI=1S/C6H10O2.C3H9N/c7-6(8)5-3-1-2-4-5;1-2-3-4/h5H,1-4H2,(H,7,8);2-4H2,1H3. The third-order valence-electron chi connectivity index (χ3n) is 1.99. The molecule has 72 valence electrons. The Morgan fingerprint density at radius 2 is 1.92 bits per heavy atom. The van der Waals surface area contributed by atoms with Crippen molar-refractivity contribution in [3.05, 3.63) is 0 Å². The molecule has 0 bridgehead atoms. The van der Waals surface area contributed by atoms with Crippen LogP contribution >= 0.6 is 0 Å². The molecule has 3 heteroatoms. The summed E-state index contributed by atoms with van der Waals surface area (Å²) in [4.78, 5) is 10.2. The van der Waals surface area contributed by atoms with Gasteiger partial charge in [0, 0.05) is 0 Å². The van der Waals surface area contributed by atoms with Gasteiger partial charge < -0.3 is 10.8 Å². The Kier molecular flexibility index (Phi) is 6.76. The van der Waals surface area contributed by atoms with Gasteiger partial charge in [-0.3, -0.25) is 4.79 Å². The van der Waals surface area contributed by atoms with Gasteiger partial charge in [-0.25, -0.2) is 0 Å². The number of hydrogen-bond acceptors (Lipinski definition) is 2. The van der Waals surface area contributed by atoms with Crippen LogP contribution in [-0.4, -0.2) is 17.6 Å². The Labute approximate surface area is 74.0 Å². The van der Waals surface area contributed by atoms with Gasteiger partial charge in [-0.1, -0.05) is 19.8 Å². The summed E-state index contributed by atoms with van der Waals surface area (Å²) in [6, 6.07) is 0. The van der Waals surface area contributed by atoms with Crippen LogP contribution in [0.3, 0.4) is 0 Å². The first kappa shape index (κ1) is 11.4. The Morgan fingerprint density at radius 1 is 1.50 bits per heavy atom. The monoisotopic (exact) mass is 173 g/mol. The van der Waals surface area contributed by atoms with Crippen molar-refractivity contribution >= 4 is 5.97 Å². The van der Waals surface area contributed by atoms with Crippen LogP contribution in [0.2, 0.25) is 0 Å². The van der Waals surface area contributed by atoms with Gasteiger partial charge >= 0.3 is 5.97 Å². The molecule has 0 heterocycles. The van der Waals surface area contributed by atoms with Crippen molar-refractivity contribution in [2.24, 2.45) is 11.7 Å². The zero-order chi connectivity index (χ0) is 9.40. The fraction of sp³-hybridized carbons (Fsp3) is 0.889. The predicted octanol–water partition coefficient (Wildman–Crippen LogP) is 1.62. The minimum Gasteiger partial charge on any atom is -0.481 e. The molecule has 0 radical (unpaired) electrons. The van der Waals surface area contributed by atoms with E-state index in [9.17, 15) is 4.79 Å². The summed E-state index contributed by atoms with van der Waals surface area (Å²) in [7, 11) is 0. The molecule has 3 nitrogen and oxygen atoms in total. The molecule has 12 heavy (non-hydrogen) atoms. The first-order chi connectivity index (χ1) is 5.72. The summed E-state index contributed by atoms with van der Waals surface area (Å²) in [5.41, 5.74) is 5.03. The van der Waals surface area contributed by atoms with Gasteiger partial charge in [-0.05, 0) is 25.8 Å². The molecule has 0 aromatic carbocycles. The average Bonchev–Trinajstić information content (AvgIpc) is 2.57. The molecule has 0 atom stereocenters. The SMILES string of the molecule is CCCN.O=C(O)C1CCCC1. The van der Waals surface area contributed by atoms with Crippen molar-refractivity contribution in [3.63, 3.8) is 0 Å². The van der Waals surface area contributed by atoms with Crippen molar-refractivity contribution in [2.75, 3.05) is 6.54 Å². The molecule has 1 aliphatic carbocycles. The molecule has 1 rings (SSSR count). The highest BCUT2D eigenvalue weighted by Crippen LogP contribution is 2.24. The third kappa shape index (κ3) is 5.13. The number of carbonyl (C=O) groups is 1. The maximum absolute atomic E-state index is 10.2. The summed E-state index contributed by atoms with van der Waals surface area (Å²) < 4.78 is 0. The molecule has 0 unspecified atom stereocenters. The highest BCUT2D eigenvalue weighted by molar-refractivity contribution is 5.70. The van der Waals surface area contributed by atoms with Crippen LogP contribution in [0.1, 0.15) is 39.0 Å². The Hall–Kier alpha value is -0.570. The number of carboxylic acid groups (broad SMARTS) is 1. The highest BCUT2D eigenvalue weighted by atomic mass is 16.4. The Balaban J connectivity index is 0.000000261. The summed E-state index contributed by atoms with van der Waals surface area (Å²) in [5, 5.41) is 8.41. The van der Waals surface area contributed by atoms with Gasteiger partial charge in [-0.15, -0.1) is 0 Å². The second-order valence-corrected chi connectivity index (χ2v) is 3.11. The summed E-state index contributed by atoms with van der Waals surface area (Å²) >= 11 is 0. The molecular formula is C9H19NO2. The molecular weight excluding hydrogens is 154 g/mol. The lowest BCUT2D eigenvalue weighted by atomic mass is 10.1. The molecule has 1 fully saturated rings. The van der Waals surface area contributed by atoms with Gasteiger partial charge in [0.25, 0.3) is 0 Å². The van der Waals surface area contributed by atoms with Crippen molar-refractivity contribution in [1.82, 2.24) is 0 Å². The lowest BCUT2D eigenvalue weighted by Crippen LogP contribution is -2.07. The van der Waals surface area contributed by atoms with Crippen LogP contribution in [0.4, 0.5) is 0 Å². The van der Waals surface area contributed by atoms with E-state index in [1.54, 1.807) is 0 Å². The minimum absolute atomic E-state index is 0.0185. The van der Waals surface area contributed by atoms with Gasteiger partial charge in [0.05, 0.1) is 5.92 Å². The van der Waals surface area contributed by atoms with Crippen LogP contribution < -0.4 is 5.73 Å². The van der Waals surface area contributed by atoms with E-state index in [2.05, 4.69) is 6.92 Å². The first-order valence-corrected chi connectivity index (χ1v) is 4.65. The number of rotatable bonds is 2. The lowest BCUT2D eigenvalue weighted by molar-refractivity contribution is -0.141. The fourth-order valence-electron chi connectivity index (χ4n) is 1.17. The van der Waals surface area contributed by atoms with Crippen LogP contribution in [-0.2, 0) is 4.79 Å². The smallest absolute Gasteiger partial charge is 0.306 e. The van der Waals surface area contributed by atoms with E-state index in [1.165, 1.54) is 0 Å². The van der Waals surface area contributed by atoms with E-state index >= 15 is 0 Å². The van der Waals surface area contributed by atoms with Crippen LogP contribution in [0.15, 0.2) is 0 Å². The number of carboxylic acids is 1. The van der Waals surface area contributed by atoms with Crippen LogP contribution in [0.25, 0.3) is 0 Å². The summed E-state index contributed by atoms with van der Waals surface area (Å²) in [6.45, 7) is 2.88. The van der Waals surface area contributed by atoms with E-state index in [4.69, 9.17) is 10.8 Å². The van der Waals surface area contributed by atoms with E-state index in [0.717, 1.165) is 38.6 Å². The second kappa shape index (κ2) is 7.10. The van der Waals surface area contributed by atoms with Crippen molar-refractivity contribution in [2.45, 2.75) is 39.0 Å². The molecule has 0 amide bonds. The Bertz CT molecular complexity index is 118. The Morgan fingerprint density at radius 3 is 2.08 bits per heavy atom. The van der Waals surface area contributed by atoms with E-state index in [-0.39, 0.29) is 5.92 Å². The highest BCUT2D eigenvalue weighted by Gasteiger charge is 2.20. The number of aliphatic carboxylic acids is 1. The normalized spacial score (nSPS) is 16.8. The van der Waals surface area contributed by atoms with Crippen LogP contribution in [0, 0.1) is 5.92 Å². The number of hydrogen-bond donors (Lipinski definition) is 2. The third-order valence-corrected chi connectivity index (χ3v) is 1.99. The van der Waals surface area contributed by atoms with Crippen LogP contribution in [0.5, 0.6) is 0 Å². The molecule has 0 saturated heterocycles. The molecule has 0 aliphatic heterocycles. The van der Waals surface area contributed by atoms with E-state index in [0.29, 0.717) is 0 Å². The topological polar surface area (TPSA) is 63.3 Å². The van der Waals surface area contributed by atoms with E-state index in [1.807, 2.05) is 0 Å². The van der Waals surface area contributed by atoms with Gasteiger partial charge in [0.15, 0.2) is 0 Å². The largest absolute Gasteiger partial charge is 0.481 e. The molecule has 0 aromatic heterocycles. The van der Waals surface area contributed by atoms with Gasteiger partial charge in [0.1, 0.15) is 0 Å². The lowest BCUT2D eigenvalue weighted by Gasteiger charge is -1.97. The predicted molar refractivity (Wildman–Crippen MR) is 48.9 cm³/mol. The molecule has 0 aromatic rings. The zero-order valence-corrected chi connectivity index (χ0v) is 7.75. The summed E-state index contributed by atoms with van der Waals surface area (Å²) in [6.07, 6.45) is 5.11. The minimum atomic E-state index is -0.609. The molecule has 1 aliphatic rings. The average molecular weight is 173 g/mol. The number of nitrogens with two attached hydrogens (primary N) is 1. The molecule has 0 spiro atoms. The van der Waals surface area contributed by atoms with E-state index < -0.39 is 5.97 Å². The van der Waals surface area contributed by atoms with Crippen molar-refractivity contribution in [3.8, 4) is 0 Å². The summed E-state index contributed by atoms with van der Waals surface area (Å²) in [5.74, 6) is -0.627. The van der Waals surface area contributed by atoms with Gasteiger partial charge in [-0.2, -0.15) is 0 Å². The maximum Gasteiger partial charge on any atom is 0.306 e. The van der Waals surface area contributed by atoms with Crippen molar-refractivity contribution < 1.29 is 9.90 Å². The maximum atomic E-state index is 10.2. The molecule has 1 saturated carbocycles. The zero-order valence-electron chi connectivity index (χ0n) is 7.75.